The number of piperidine rings is 1. The molecule has 0 radical (unpaired) electrons. The Morgan fingerprint density at radius 1 is 1.38 bits per heavy atom. The number of hydrogen-bond donors (Lipinski definition) is 1. The molecule has 1 fully saturated rings. The van der Waals surface area contributed by atoms with E-state index in [1.54, 1.807) is 6.20 Å². The van der Waals surface area contributed by atoms with E-state index in [0.717, 1.165) is 41.5 Å². The van der Waals surface area contributed by atoms with Crippen molar-refractivity contribution < 1.29 is 0 Å². The van der Waals surface area contributed by atoms with E-state index in [0.29, 0.717) is 11.1 Å². The molecule has 21 heavy (non-hydrogen) atoms. The summed E-state index contributed by atoms with van der Waals surface area (Å²) in [4.78, 5) is 11.4. The molecule has 1 saturated heterocycles. The first-order chi connectivity index (χ1) is 10.2. The number of rotatable bonds is 1. The summed E-state index contributed by atoms with van der Waals surface area (Å²) in [6.07, 6.45) is 4.23. The van der Waals surface area contributed by atoms with Crippen LogP contribution >= 0.6 is 11.6 Å². The third-order valence-corrected chi connectivity index (χ3v) is 4.52. The molecule has 2 aromatic rings. The van der Waals surface area contributed by atoms with Crippen LogP contribution in [0.3, 0.4) is 0 Å². The lowest BCUT2D eigenvalue weighted by Crippen LogP contribution is -2.46. The summed E-state index contributed by atoms with van der Waals surface area (Å²) in [7, 11) is 0. The quantitative estimate of drug-likeness (QED) is 0.875. The average molecular weight is 301 g/mol. The van der Waals surface area contributed by atoms with Gasteiger partial charge in [-0.1, -0.05) is 11.6 Å². The van der Waals surface area contributed by atoms with Gasteiger partial charge in [-0.05, 0) is 38.0 Å². The Hall–Kier alpha value is -1.81. The molecule has 0 spiro atoms. The predicted octanol–water partition coefficient (Wildman–Crippen LogP) is 3.50. The molecule has 0 amide bonds. The molecule has 4 heterocycles. The molecule has 2 aliphatic rings. The van der Waals surface area contributed by atoms with Gasteiger partial charge in [0.25, 0.3) is 0 Å². The summed E-state index contributed by atoms with van der Waals surface area (Å²) in [5, 5.41) is 4.25. The first-order valence-electron chi connectivity index (χ1n) is 7.36. The molecule has 4 nitrogen and oxygen atoms in total. The molecule has 1 atom stereocenters. The van der Waals surface area contributed by atoms with Crippen LogP contribution < -0.4 is 10.2 Å². The van der Waals surface area contributed by atoms with Crippen molar-refractivity contribution in [1.29, 1.82) is 0 Å². The molecule has 0 aliphatic carbocycles. The number of nitrogens with one attached hydrogen (secondary N) is 1. The van der Waals surface area contributed by atoms with Gasteiger partial charge >= 0.3 is 0 Å². The SMILES string of the molecule is Cc1cc(-c2nc3c(cc2Cl)N2CCC[C@@H](C2)N3)ccn1. The van der Waals surface area contributed by atoms with E-state index in [1.807, 2.05) is 25.1 Å². The maximum atomic E-state index is 6.49. The van der Waals surface area contributed by atoms with Crippen molar-refractivity contribution in [2.45, 2.75) is 25.8 Å². The van der Waals surface area contributed by atoms with Gasteiger partial charge in [0.2, 0.25) is 0 Å². The Morgan fingerprint density at radius 3 is 3.14 bits per heavy atom. The number of anilines is 2. The molecule has 0 saturated carbocycles. The van der Waals surface area contributed by atoms with Gasteiger partial charge < -0.3 is 10.2 Å². The lowest BCUT2D eigenvalue weighted by molar-refractivity contribution is 0.516. The molecule has 0 unspecified atom stereocenters. The Balaban J connectivity index is 1.82. The largest absolute Gasteiger partial charge is 0.366 e. The van der Waals surface area contributed by atoms with Crippen molar-refractivity contribution in [2.24, 2.45) is 0 Å². The summed E-state index contributed by atoms with van der Waals surface area (Å²) in [5.41, 5.74) is 3.94. The second-order valence-electron chi connectivity index (χ2n) is 5.80. The Labute approximate surface area is 129 Å². The molecule has 4 rings (SSSR count). The highest BCUT2D eigenvalue weighted by Crippen LogP contribution is 2.38. The molecule has 2 aliphatic heterocycles. The fraction of sp³-hybridized carbons (Fsp3) is 0.375. The van der Waals surface area contributed by atoms with Crippen molar-refractivity contribution in [3.8, 4) is 11.3 Å². The Bertz CT molecular complexity index is 701. The zero-order valence-electron chi connectivity index (χ0n) is 11.9. The minimum atomic E-state index is 0.506. The number of hydrogen-bond acceptors (Lipinski definition) is 4. The highest BCUT2D eigenvalue weighted by molar-refractivity contribution is 6.33. The highest BCUT2D eigenvalue weighted by atomic mass is 35.5. The third kappa shape index (κ3) is 2.23. The first kappa shape index (κ1) is 12.9. The minimum absolute atomic E-state index is 0.506. The van der Waals surface area contributed by atoms with E-state index in [9.17, 15) is 0 Å². The van der Waals surface area contributed by atoms with Gasteiger partial charge in [0.05, 0.1) is 16.4 Å². The summed E-state index contributed by atoms with van der Waals surface area (Å²) in [6.45, 7) is 4.12. The van der Waals surface area contributed by atoms with Crippen LogP contribution in [0.5, 0.6) is 0 Å². The highest BCUT2D eigenvalue weighted by Gasteiger charge is 2.29. The van der Waals surface area contributed by atoms with Gasteiger partial charge in [-0.15, -0.1) is 0 Å². The fourth-order valence-corrected chi connectivity index (χ4v) is 3.48. The van der Waals surface area contributed by atoms with Gasteiger partial charge in [-0.2, -0.15) is 0 Å². The third-order valence-electron chi connectivity index (χ3n) is 4.23. The van der Waals surface area contributed by atoms with Crippen LogP contribution in [0.25, 0.3) is 11.3 Å². The Kier molecular flexibility index (Phi) is 3.00. The maximum Gasteiger partial charge on any atom is 0.150 e. The number of fused-ring (bicyclic) bond motifs is 4. The van der Waals surface area contributed by atoms with Crippen LogP contribution in [-0.2, 0) is 0 Å². The summed E-state index contributed by atoms with van der Waals surface area (Å²) in [5.74, 6) is 0.958. The molecule has 108 valence electrons. The van der Waals surface area contributed by atoms with Crippen molar-refractivity contribution in [3.05, 3.63) is 35.1 Å². The zero-order valence-corrected chi connectivity index (χ0v) is 12.7. The van der Waals surface area contributed by atoms with E-state index in [2.05, 4.69) is 15.2 Å². The molecule has 2 aromatic heterocycles. The van der Waals surface area contributed by atoms with E-state index in [1.165, 1.54) is 12.8 Å². The second-order valence-corrected chi connectivity index (χ2v) is 6.21. The van der Waals surface area contributed by atoms with Crippen LogP contribution in [0.2, 0.25) is 5.02 Å². The van der Waals surface area contributed by atoms with Crippen molar-refractivity contribution in [2.75, 3.05) is 23.3 Å². The number of aromatic nitrogens is 2. The van der Waals surface area contributed by atoms with Gasteiger partial charge in [0.15, 0.2) is 5.82 Å². The molecule has 5 heteroatoms. The van der Waals surface area contributed by atoms with Gasteiger partial charge in [0.1, 0.15) is 0 Å². The molecular formula is C16H17ClN4. The van der Waals surface area contributed by atoms with Crippen LogP contribution in [0.1, 0.15) is 18.5 Å². The van der Waals surface area contributed by atoms with Gasteiger partial charge in [0, 0.05) is 36.6 Å². The summed E-state index contributed by atoms with van der Waals surface area (Å²) in [6, 6.07) is 6.53. The normalized spacial score (nSPS) is 19.9. The van der Waals surface area contributed by atoms with Crippen LogP contribution in [0.4, 0.5) is 11.5 Å². The number of nitrogens with zero attached hydrogens (tertiary/aromatic N) is 3. The smallest absolute Gasteiger partial charge is 0.150 e. The van der Waals surface area contributed by atoms with E-state index >= 15 is 0 Å². The van der Waals surface area contributed by atoms with Gasteiger partial charge in [-0.25, -0.2) is 4.98 Å². The van der Waals surface area contributed by atoms with Crippen LogP contribution in [-0.4, -0.2) is 29.1 Å². The molecule has 0 aromatic carbocycles. The second kappa shape index (κ2) is 4.88. The predicted molar refractivity (Wildman–Crippen MR) is 86.1 cm³/mol. The van der Waals surface area contributed by atoms with Crippen LogP contribution in [0.15, 0.2) is 24.4 Å². The lowest BCUT2D eigenvalue weighted by atomic mass is 10.0. The monoisotopic (exact) mass is 300 g/mol. The van der Waals surface area contributed by atoms with Crippen LogP contribution in [0, 0.1) is 6.92 Å². The summed E-state index contributed by atoms with van der Waals surface area (Å²) < 4.78 is 0. The first-order valence-corrected chi connectivity index (χ1v) is 7.73. The average Bonchev–Trinajstić information content (AvgIpc) is 2.48. The number of pyridine rings is 2. The minimum Gasteiger partial charge on any atom is -0.366 e. The fourth-order valence-electron chi connectivity index (χ4n) is 3.23. The van der Waals surface area contributed by atoms with Crippen molar-refractivity contribution >= 4 is 23.1 Å². The molecule has 2 bridgehead atoms. The molecule has 1 N–H and O–H groups in total. The summed E-state index contributed by atoms with van der Waals surface area (Å²) >= 11 is 6.49. The van der Waals surface area contributed by atoms with Crippen molar-refractivity contribution in [1.82, 2.24) is 9.97 Å². The Morgan fingerprint density at radius 2 is 2.29 bits per heavy atom. The zero-order chi connectivity index (χ0) is 14.4. The number of halogens is 1. The maximum absolute atomic E-state index is 6.49. The lowest BCUT2D eigenvalue weighted by Gasteiger charge is -2.40. The van der Waals surface area contributed by atoms with Gasteiger partial charge in [-0.3, -0.25) is 4.98 Å². The van der Waals surface area contributed by atoms with Crippen molar-refractivity contribution in [3.63, 3.8) is 0 Å². The standard InChI is InChI=1S/C16H17ClN4/c1-10-7-11(4-5-18-10)15-13(17)8-14-16(20-15)19-12-3-2-6-21(14)9-12/h4-5,7-8,12H,2-3,6,9H2,1H3,(H,19,20)/t12-/m0/s1. The molecular weight excluding hydrogens is 284 g/mol. The number of aryl methyl sites for hydroxylation is 1. The van der Waals surface area contributed by atoms with E-state index < -0.39 is 0 Å². The van der Waals surface area contributed by atoms with E-state index in [4.69, 9.17) is 16.6 Å². The van der Waals surface area contributed by atoms with E-state index in [-0.39, 0.29) is 0 Å². The topological polar surface area (TPSA) is 41.1 Å².